The average molecular weight is 368 g/mol. The van der Waals surface area contributed by atoms with E-state index in [1.165, 1.54) is 11.3 Å². The molecule has 27 heavy (non-hydrogen) atoms. The summed E-state index contributed by atoms with van der Waals surface area (Å²) in [5.41, 5.74) is 2.46. The lowest BCUT2D eigenvalue weighted by Crippen LogP contribution is -2.79. The number of ether oxygens (including phenoxy) is 2. The topological polar surface area (TPSA) is 50.8 Å². The number of fused-ring (bicyclic) bond motifs is 3. The van der Waals surface area contributed by atoms with Gasteiger partial charge in [0.2, 0.25) is 0 Å². The highest BCUT2D eigenvalue weighted by molar-refractivity contribution is 5.80. The molecule has 1 N–H and O–H groups in total. The Balaban J connectivity index is 1.64. The maximum Gasteiger partial charge on any atom is 0.311 e. The Morgan fingerprint density at radius 3 is 2.85 bits per heavy atom. The van der Waals surface area contributed by atoms with Crippen LogP contribution in [0, 0.1) is 11.3 Å². The van der Waals surface area contributed by atoms with Crippen LogP contribution in [0.4, 0.5) is 5.69 Å². The van der Waals surface area contributed by atoms with E-state index in [9.17, 15) is 4.79 Å². The van der Waals surface area contributed by atoms with Crippen molar-refractivity contribution in [1.29, 1.82) is 0 Å². The molecule has 6 aliphatic rings. The van der Waals surface area contributed by atoms with Crippen molar-refractivity contribution in [2.45, 2.75) is 55.2 Å². The van der Waals surface area contributed by atoms with Crippen LogP contribution in [0.2, 0.25) is 0 Å². The van der Waals surface area contributed by atoms with Crippen molar-refractivity contribution in [1.82, 2.24) is 4.90 Å². The minimum atomic E-state index is -0.222. The third kappa shape index (κ3) is 1.57. The van der Waals surface area contributed by atoms with E-state index in [2.05, 4.69) is 34.5 Å². The molecule has 0 unspecified atom stereocenters. The molecule has 0 aromatic heterocycles. The Morgan fingerprint density at radius 1 is 1.19 bits per heavy atom. The molecule has 7 rings (SSSR count). The van der Waals surface area contributed by atoms with Crippen LogP contribution in [-0.4, -0.2) is 55.9 Å². The van der Waals surface area contributed by atoms with Gasteiger partial charge in [-0.15, -0.1) is 0 Å². The summed E-state index contributed by atoms with van der Waals surface area (Å²) in [7, 11) is 3.40. The van der Waals surface area contributed by atoms with Crippen molar-refractivity contribution < 1.29 is 14.3 Å². The minimum Gasteiger partial charge on any atom is -0.469 e. The van der Waals surface area contributed by atoms with Gasteiger partial charge in [0.15, 0.2) is 0 Å². The van der Waals surface area contributed by atoms with Gasteiger partial charge in [-0.3, -0.25) is 9.69 Å². The molecule has 2 bridgehead atoms. The van der Waals surface area contributed by atoms with Crippen LogP contribution in [0.3, 0.4) is 0 Å². The Morgan fingerprint density at radius 2 is 2.04 bits per heavy atom. The molecule has 0 radical (unpaired) electrons. The summed E-state index contributed by atoms with van der Waals surface area (Å²) in [6.07, 6.45) is 5.44. The number of hydrogen-bond donors (Lipinski definition) is 1. The van der Waals surface area contributed by atoms with Crippen molar-refractivity contribution in [3.8, 4) is 0 Å². The van der Waals surface area contributed by atoms with Gasteiger partial charge in [0, 0.05) is 36.2 Å². The number of rotatable bonds is 2. The summed E-state index contributed by atoms with van der Waals surface area (Å²) < 4.78 is 11.5. The Kier molecular flexibility index (Phi) is 3.07. The number of carbonyl (C=O) groups excluding carboxylic acids is 1. The molecular weight excluding hydrogens is 340 g/mol. The van der Waals surface area contributed by atoms with Gasteiger partial charge in [-0.2, -0.15) is 0 Å². The smallest absolute Gasteiger partial charge is 0.311 e. The number of esters is 1. The minimum absolute atomic E-state index is 0.0177. The van der Waals surface area contributed by atoms with E-state index in [1.807, 2.05) is 7.11 Å². The monoisotopic (exact) mass is 368 g/mol. The van der Waals surface area contributed by atoms with Crippen LogP contribution < -0.4 is 5.32 Å². The fourth-order valence-corrected chi connectivity index (χ4v) is 8.33. The molecule has 5 nitrogen and oxygen atoms in total. The van der Waals surface area contributed by atoms with Crippen molar-refractivity contribution in [2.75, 3.05) is 32.6 Å². The zero-order valence-electron chi connectivity index (χ0n) is 16.2. The molecule has 3 aliphatic heterocycles. The first-order valence-corrected chi connectivity index (χ1v) is 10.4. The Labute approximate surface area is 160 Å². The van der Waals surface area contributed by atoms with Crippen LogP contribution in [-0.2, 0) is 19.7 Å². The number of nitrogens with one attached hydrogen (secondary N) is 1. The first kappa shape index (κ1) is 16.4. The van der Waals surface area contributed by atoms with Gasteiger partial charge in [-0.25, -0.2) is 0 Å². The lowest BCUT2D eigenvalue weighted by molar-refractivity contribution is -0.201. The summed E-state index contributed by atoms with van der Waals surface area (Å²) >= 11 is 0. The SMILES string of the molecule is COC(=O)[C@@H]1C[C@]23CC[C@]14Nc1ccccc1[C@@]41CCN(CC[C@@H]2OC)[C@@H]31. The number of methoxy groups -OCH3 is 2. The lowest BCUT2D eigenvalue weighted by atomic mass is 9.38. The highest BCUT2D eigenvalue weighted by Gasteiger charge is 2.80. The van der Waals surface area contributed by atoms with Gasteiger partial charge >= 0.3 is 5.97 Å². The first-order chi connectivity index (χ1) is 13.1. The van der Waals surface area contributed by atoms with Crippen LogP contribution in [0.25, 0.3) is 0 Å². The molecule has 3 heterocycles. The molecule has 2 saturated heterocycles. The van der Waals surface area contributed by atoms with E-state index in [1.54, 1.807) is 7.11 Å². The number of nitrogens with zero attached hydrogens (tertiary/aromatic N) is 1. The van der Waals surface area contributed by atoms with Crippen molar-refractivity contribution >= 4 is 11.7 Å². The van der Waals surface area contributed by atoms with Crippen LogP contribution >= 0.6 is 0 Å². The molecule has 3 spiro atoms. The number of carbonyl (C=O) groups is 1. The molecule has 5 heteroatoms. The summed E-state index contributed by atoms with van der Waals surface area (Å²) in [5.74, 6) is -0.165. The van der Waals surface area contributed by atoms with Crippen molar-refractivity contribution in [3.05, 3.63) is 29.8 Å². The number of para-hydroxylation sites is 1. The van der Waals surface area contributed by atoms with Gasteiger partial charge in [-0.05, 0) is 50.3 Å². The van der Waals surface area contributed by atoms with Gasteiger partial charge in [0.25, 0.3) is 0 Å². The zero-order valence-corrected chi connectivity index (χ0v) is 16.2. The van der Waals surface area contributed by atoms with Gasteiger partial charge in [-0.1, -0.05) is 18.2 Å². The van der Waals surface area contributed by atoms with Crippen LogP contribution in [0.5, 0.6) is 0 Å². The standard InChI is InChI=1S/C22H28N2O3/c1-26-17-7-11-24-12-10-21-14-5-3-4-6-16(14)23-22(21)9-8-20(17,19(21)24)13-15(22)18(25)27-2/h3-6,15,17,19,23H,7-13H2,1-2H3/t15-,17-,19-,20+,21+,22-/m0/s1. The molecule has 6 atom stereocenters. The summed E-state index contributed by atoms with van der Waals surface area (Å²) in [6.45, 7) is 2.22. The van der Waals surface area contributed by atoms with Crippen LogP contribution in [0.1, 0.15) is 37.7 Å². The largest absolute Gasteiger partial charge is 0.469 e. The van der Waals surface area contributed by atoms with E-state index in [4.69, 9.17) is 9.47 Å². The molecule has 0 amide bonds. The predicted octanol–water partition coefficient (Wildman–Crippen LogP) is 2.55. The van der Waals surface area contributed by atoms with Gasteiger partial charge < -0.3 is 14.8 Å². The highest BCUT2D eigenvalue weighted by atomic mass is 16.5. The summed E-state index contributed by atoms with van der Waals surface area (Å²) in [5, 5.41) is 3.92. The van der Waals surface area contributed by atoms with Crippen LogP contribution in [0.15, 0.2) is 24.3 Å². The molecule has 3 saturated carbocycles. The van der Waals surface area contributed by atoms with E-state index in [0.29, 0.717) is 6.04 Å². The van der Waals surface area contributed by atoms with E-state index < -0.39 is 0 Å². The Bertz CT molecular complexity index is 828. The second kappa shape index (κ2) is 5.06. The quantitative estimate of drug-likeness (QED) is 0.813. The molecule has 1 aromatic carbocycles. The normalized spacial score (nSPS) is 46.4. The van der Waals surface area contributed by atoms with E-state index in [-0.39, 0.29) is 34.4 Å². The molecular formula is C22H28N2O3. The van der Waals surface area contributed by atoms with Crippen molar-refractivity contribution in [3.63, 3.8) is 0 Å². The first-order valence-electron chi connectivity index (χ1n) is 10.4. The fourth-order valence-electron chi connectivity index (χ4n) is 8.33. The van der Waals surface area contributed by atoms with Gasteiger partial charge in [0.1, 0.15) is 0 Å². The number of hydrogen-bond acceptors (Lipinski definition) is 5. The second-order valence-corrected chi connectivity index (χ2v) is 9.33. The maximum atomic E-state index is 13.1. The average Bonchev–Trinajstić information content (AvgIpc) is 3.25. The summed E-state index contributed by atoms with van der Waals surface area (Å²) in [6, 6.07) is 9.23. The highest BCUT2D eigenvalue weighted by Crippen LogP contribution is 2.74. The molecule has 1 aromatic rings. The van der Waals surface area contributed by atoms with Gasteiger partial charge in [0.05, 0.1) is 24.7 Å². The summed E-state index contributed by atoms with van der Waals surface area (Å²) in [4.78, 5) is 15.8. The third-order valence-corrected chi connectivity index (χ3v) is 8.99. The predicted molar refractivity (Wildman–Crippen MR) is 102 cm³/mol. The lowest BCUT2D eigenvalue weighted by Gasteiger charge is -2.70. The third-order valence-electron chi connectivity index (χ3n) is 8.99. The molecule has 3 aliphatic carbocycles. The van der Waals surface area contributed by atoms with Crippen molar-refractivity contribution in [2.24, 2.45) is 11.3 Å². The molecule has 144 valence electrons. The zero-order chi connectivity index (χ0) is 18.4. The second-order valence-electron chi connectivity index (χ2n) is 9.33. The Hall–Kier alpha value is -1.59. The van der Waals surface area contributed by atoms with E-state index in [0.717, 1.165) is 45.2 Å². The fraction of sp³-hybridized carbons (Fsp3) is 0.682. The van der Waals surface area contributed by atoms with E-state index >= 15 is 0 Å². The number of anilines is 1. The number of piperidine rings is 1. The molecule has 5 fully saturated rings. The maximum absolute atomic E-state index is 13.1. The number of benzene rings is 1.